The molecule has 0 aliphatic rings. The van der Waals surface area contributed by atoms with Gasteiger partial charge in [-0.1, -0.05) is 0 Å². The molecular formula is C12H15FO3. The van der Waals surface area contributed by atoms with Gasteiger partial charge in [0.05, 0.1) is 11.2 Å². The number of halogens is 1. The lowest BCUT2D eigenvalue weighted by molar-refractivity contribution is 0.0283. The van der Waals surface area contributed by atoms with Crippen molar-refractivity contribution in [1.82, 2.24) is 0 Å². The highest BCUT2D eigenvalue weighted by molar-refractivity contribution is 5.94. The molecule has 0 saturated heterocycles. The van der Waals surface area contributed by atoms with Crippen molar-refractivity contribution >= 4 is 5.78 Å². The predicted molar refractivity (Wildman–Crippen MR) is 58.2 cm³/mol. The molecule has 1 aromatic carbocycles. The SMILES string of the molecule is CC(=O)c1ccc(OCC(C)(C)O)cc1F. The molecule has 1 aromatic rings. The van der Waals surface area contributed by atoms with Crippen LogP contribution in [0.25, 0.3) is 0 Å². The van der Waals surface area contributed by atoms with E-state index in [2.05, 4.69) is 0 Å². The Kier molecular flexibility index (Phi) is 3.65. The molecule has 1 N–H and O–H groups in total. The smallest absolute Gasteiger partial charge is 0.162 e. The van der Waals surface area contributed by atoms with E-state index in [1.54, 1.807) is 13.8 Å². The fourth-order valence-corrected chi connectivity index (χ4v) is 1.13. The standard InChI is InChI=1S/C12H15FO3/c1-8(14)10-5-4-9(6-11(10)13)16-7-12(2,3)15/h4-6,15H,7H2,1-3H3. The zero-order chi connectivity index (χ0) is 12.3. The summed E-state index contributed by atoms with van der Waals surface area (Å²) in [6, 6.07) is 4.02. The van der Waals surface area contributed by atoms with E-state index < -0.39 is 11.4 Å². The largest absolute Gasteiger partial charge is 0.491 e. The minimum Gasteiger partial charge on any atom is -0.491 e. The molecule has 0 fully saturated rings. The molecule has 0 aliphatic heterocycles. The third-order valence-corrected chi connectivity index (χ3v) is 1.91. The maximum absolute atomic E-state index is 13.4. The van der Waals surface area contributed by atoms with Gasteiger partial charge in [-0.15, -0.1) is 0 Å². The molecule has 0 atom stereocenters. The first kappa shape index (κ1) is 12.6. The van der Waals surface area contributed by atoms with E-state index in [4.69, 9.17) is 4.74 Å². The van der Waals surface area contributed by atoms with Gasteiger partial charge in [0.2, 0.25) is 0 Å². The molecular weight excluding hydrogens is 211 g/mol. The number of Topliss-reactive ketones (excluding diaryl/α,β-unsaturated/α-hetero) is 1. The highest BCUT2D eigenvalue weighted by Gasteiger charge is 2.14. The van der Waals surface area contributed by atoms with Crippen molar-refractivity contribution in [1.29, 1.82) is 0 Å². The van der Waals surface area contributed by atoms with Crippen LogP contribution in [0.3, 0.4) is 0 Å². The lowest BCUT2D eigenvalue weighted by Crippen LogP contribution is -2.27. The summed E-state index contributed by atoms with van der Waals surface area (Å²) in [4.78, 5) is 11.0. The number of benzene rings is 1. The van der Waals surface area contributed by atoms with Crippen LogP contribution in [0.5, 0.6) is 5.75 Å². The van der Waals surface area contributed by atoms with E-state index in [1.165, 1.54) is 19.1 Å². The van der Waals surface area contributed by atoms with Crippen molar-refractivity contribution < 1.29 is 19.0 Å². The van der Waals surface area contributed by atoms with E-state index in [1.807, 2.05) is 0 Å². The van der Waals surface area contributed by atoms with Crippen LogP contribution in [0, 0.1) is 5.82 Å². The van der Waals surface area contributed by atoms with Gasteiger partial charge in [-0.3, -0.25) is 4.79 Å². The summed E-state index contributed by atoms with van der Waals surface area (Å²) in [7, 11) is 0. The Hall–Kier alpha value is -1.42. The molecule has 0 radical (unpaired) electrons. The first-order valence-corrected chi connectivity index (χ1v) is 4.95. The normalized spacial score (nSPS) is 11.3. The first-order chi connectivity index (χ1) is 7.29. The molecule has 0 aliphatic carbocycles. The number of rotatable bonds is 4. The third-order valence-electron chi connectivity index (χ3n) is 1.91. The zero-order valence-corrected chi connectivity index (χ0v) is 9.58. The molecule has 0 saturated carbocycles. The fraction of sp³-hybridized carbons (Fsp3) is 0.417. The van der Waals surface area contributed by atoms with Crippen LogP contribution in [-0.2, 0) is 0 Å². The molecule has 0 heterocycles. The van der Waals surface area contributed by atoms with Crippen molar-refractivity contribution in [3.63, 3.8) is 0 Å². The molecule has 16 heavy (non-hydrogen) atoms. The number of aliphatic hydroxyl groups is 1. The van der Waals surface area contributed by atoms with Crippen LogP contribution in [0.4, 0.5) is 4.39 Å². The quantitative estimate of drug-likeness (QED) is 0.800. The van der Waals surface area contributed by atoms with Crippen LogP contribution in [0.1, 0.15) is 31.1 Å². The summed E-state index contributed by atoms with van der Waals surface area (Å²) in [5, 5.41) is 9.42. The molecule has 0 aromatic heterocycles. The van der Waals surface area contributed by atoms with Crippen LogP contribution in [0.2, 0.25) is 0 Å². The van der Waals surface area contributed by atoms with E-state index in [9.17, 15) is 14.3 Å². The van der Waals surface area contributed by atoms with E-state index in [0.29, 0.717) is 5.75 Å². The monoisotopic (exact) mass is 226 g/mol. The van der Waals surface area contributed by atoms with E-state index in [0.717, 1.165) is 6.07 Å². The number of hydrogen-bond donors (Lipinski definition) is 1. The summed E-state index contributed by atoms with van der Waals surface area (Å²) in [6.07, 6.45) is 0. The fourth-order valence-electron chi connectivity index (χ4n) is 1.13. The van der Waals surface area contributed by atoms with Crippen molar-refractivity contribution in [3.8, 4) is 5.75 Å². The summed E-state index contributed by atoms with van der Waals surface area (Å²) in [5.74, 6) is -0.642. The Balaban J connectivity index is 2.78. The minimum atomic E-state index is -0.976. The number of ketones is 1. The number of ether oxygens (including phenoxy) is 1. The predicted octanol–water partition coefficient (Wildman–Crippen LogP) is 2.18. The molecule has 3 nitrogen and oxygen atoms in total. The molecule has 0 spiro atoms. The molecule has 0 unspecified atom stereocenters. The second-order valence-electron chi connectivity index (χ2n) is 4.30. The summed E-state index contributed by atoms with van der Waals surface area (Å²) in [5.41, 5.74) is -0.939. The Bertz CT molecular complexity index is 394. The highest BCUT2D eigenvalue weighted by Crippen LogP contribution is 2.18. The number of hydrogen-bond acceptors (Lipinski definition) is 3. The lowest BCUT2D eigenvalue weighted by Gasteiger charge is -2.17. The maximum atomic E-state index is 13.4. The van der Waals surface area contributed by atoms with E-state index in [-0.39, 0.29) is 18.0 Å². The molecule has 0 bridgehead atoms. The minimum absolute atomic E-state index is 0.0376. The molecule has 4 heteroatoms. The zero-order valence-electron chi connectivity index (χ0n) is 9.58. The Morgan fingerprint density at radius 3 is 2.56 bits per heavy atom. The van der Waals surface area contributed by atoms with Crippen molar-refractivity contribution in [3.05, 3.63) is 29.6 Å². The van der Waals surface area contributed by atoms with E-state index >= 15 is 0 Å². The summed E-state index contributed by atoms with van der Waals surface area (Å²) >= 11 is 0. The average Bonchev–Trinajstić information content (AvgIpc) is 2.13. The number of carbonyl (C=O) groups excluding carboxylic acids is 1. The van der Waals surface area contributed by atoms with Gasteiger partial charge in [-0.05, 0) is 32.9 Å². The van der Waals surface area contributed by atoms with Crippen molar-refractivity contribution in [2.24, 2.45) is 0 Å². The summed E-state index contributed by atoms with van der Waals surface area (Å²) < 4.78 is 18.5. The molecule has 88 valence electrons. The van der Waals surface area contributed by atoms with Gasteiger partial charge >= 0.3 is 0 Å². The maximum Gasteiger partial charge on any atom is 0.162 e. The van der Waals surface area contributed by atoms with Gasteiger partial charge in [0.25, 0.3) is 0 Å². The second kappa shape index (κ2) is 4.61. The van der Waals surface area contributed by atoms with Gasteiger partial charge in [-0.2, -0.15) is 0 Å². The van der Waals surface area contributed by atoms with Gasteiger partial charge in [-0.25, -0.2) is 4.39 Å². The van der Waals surface area contributed by atoms with Crippen molar-refractivity contribution in [2.45, 2.75) is 26.4 Å². The van der Waals surface area contributed by atoms with Gasteiger partial charge < -0.3 is 9.84 Å². The lowest BCUT2D eigenvalue weighted by atomic mass is 10.1. The third kappa shape index (κ3) is 3.62. The Morgan fingerprint density at radius 2 is 2.12 bits per heavy atom. The second-order valence-corrected chi connectivity index (χ2v) is 4.30. The van der Waals surface area contributed by atoms with Gasteiger partial charge in [0.15, 0.2) is 5.78 Å². The Morgan fingerprint density at radius 1 is 1.50 bits per heavy atom. The topological polar surface area (TPSA) is 46.5 Å². The van der Waals surface area contributed by atoms with Crippen LogP contribution >= 0.6 is 0 Å². The van der Waals surface area contributed by atoms with Gasteiger partial charge in [0, 0.05) is 6.07 Å². The first-order valence-electron chi connectivity index (χ1n) is 4.95. The highest BCUT2D eigenvalue weighted by atomic mass is 19.1. The van der Waals surface area contributed by atoms with Gasteiger partial charge in [0.1, 0.15) is 18.2 Å². The Labute approximate surface area is 93.9 Å². The van der Waals surface area contributed by atoms with Crippen LogP contribution in [-0.4, -0.2) is 23.1 Å². The average molecular weight is 226 g/mol. The van der Waals surface area contributed by atoms with Crippen molar-refractivity contribution in [2.75, 3.05) is 6.61 Å². The molecule has 0 amide bonds. The summed E-state index contributed by atoms with van der Waals surface area (Å²) in [6.45, 7) is 4.54. The number of carbonyl (C=O) groups is 1. The van der Waals surface area contributed by atoms with Crippen LogP contribution in [0.15, 0.2) is 18.2 Å². The molecule has 1 rings (SSSR count). The van der Waals surface area contributed by atoms with Crippen LogP contribution < -0.4 is 4.74 Å².